The molecule has 6 rings (SSSR count). The van der Waals surface area contributed by atoms with Gasteiger partial charge in [-0.15, -0.1) is 9.24 Å². The molecule has 4 aliphatic rings. The molecule has 4 fully saturated rings. The third-order valence-electron chi connectivity index (χ3n) is 14.3. The Kier molecular flexibility index (Phi) is 21.7. The molecule has 1 atom stereocenters. The molecule has 10 nitrogen and oxygen atoms in total. The van der Waals surface area contributed by atoms with Crippen molar-refractivity contribution < 1.29 is 43.9 Å². The van der Waals surface area contributed by atoms with Crippen LogP contribution in [0.15, 0.2) is 30.3 Å². The molecule has 11 heteroatoms. The van der Waals surface area contributed by atoms with Crippen molar-refractivity contribution >= 4 is 38.5 Å². The number of aliphatic hydroxyl groups is 1. The smallest absolute Gasteiger partial charge is 0.459 e. The number of benzene rings is 2. The molecule has 0 aliphatic heterocycles. The number of hydrogen-bond acceptors (Lipinski definition) is 8. The van der Waals surface area contributed by atoms with Gasteiger partial charge in [0, 0.05) is 18.1 Å². The van der Waals surface area contributed by atoms with Gasteiger partial charge < -0.3 is 35.3 Å². The van der Waals surface area contributed by atoms with Crippen LogP contribution in [0.3, 0.4) is 0 Å². The lowest BCUT2D eigenvalue weighted by atomic mass is 9.68. The zero-order chi connectivity index (χ0) is 44.3. The fourth-order valence-electron chi connectivity index (χ4n) is 10.9. The second-order valence-electron chi connectivity index (χ2n) is 18.5. The van der Waals surface area contributed by atoms with Crippen LogP contribution in [0.25, 0.3) is 0 Å². The van der Waals surface area contributed by atoms with E-state index < -0.39 is 12.3 Å². The number of anilines is 1. The van der Waals surface area contributed by atoms with Gasteiger partial charge >= 0.3 is 18.3 Å². The standard InChI is InChI=1S/C25H39O3P.C24H35NO5.CH4O/c1-2-3-4-18-7-12-21(13-8-18)22-14-9-19(10-15-22)5-6-20-11-16-23(24(29)17-20)28-25(26)27;1-3-4-16-5-7-17(8-6-16)18-13-15(2)22(21(25)14-18)23(26)29-19-9-11-20(12-10-19)30-24(27)28;1-2/h11,16-19,21-22H,2-10,12-15,29H2,1H3,(H,26,27);13-14,16-17,19-20H,3-12,25H2,1-2H3,(H,27,28);2H,1H3. The number of nitrogen functional groups attached to an aromatic ring is 1. The first kappa shape index (κ1) is 50.3. The summed E-state index contributed by atoms with van der Waals surface area (Å²) in [4.78, 5) is 34.1. The Morgan fingerprint density at radius 3 is 1.72 bits per heavy atom. The second kappa shape index (κ2) is 26.3. The van der Waals surface area contributed by atoms with E-state index in [4.69, 9.17) is 35.3 Å². The van der Waals surface area contributed by atoms with Crippen LogP contribution in [0.1, 0.15) is 188 Å². The minimum Gasteiger partial charge on any atom is -0.459 e. The minimum absolute atomic E-state index is 0.224. The number of aryl methyl sites for hydroxylation is 2. The van der Waals surface area contributed by atoms with Gasteiger partial charge in [0.1, 0.15) is 18.0 Å². The van der Waals surface area contributed by atoms with Crippen molar-refractivity contribution in [3.8, 4) is 5.75 Å². The van der Waals surface area contributed by atoms with Crippen LogP contribution in [-0.4, -0.2) is 52.9 Å². The van der Waals surface area contributed by atoms with E-state index in [1.54, 1.807) is 6.07 Å². The first-order chi connectivity index (χ1) is 29.4. The molecule has 2 aromatic carbocycles. The Hall–Kier alpha value is -3.36. The number of ether oxygens (including phenoxy) is 3. The molecule has 0 spiro atoms. The van der Waals surface area contributed by atoms with E-state index in [9.17, 15) is 14.4 Å². The van der Waals surface area contributed by atoms with Gasteiger partial charge in [-0.3, -0.25) is 0 Å². The highest BCUT2D eigenvalue weighted by Crippen LogP contribution is 2.43. The predicted octanol–water partition coefficient (Wildman–Crippen LogP) is 12.4. The van der Waals surface area contributed by atoms with E-state index in [-0.39, 0.29) is 18.2 Å². The van der Waals surface area contributed by atoms with Crippen molar-refractivity contribution in [3.05, 3.63) is 52.6 Å². The summed E-state index contributed by atoms with van der Waals surface area (Å²) in [7, 11) is 3.59. The quantitative estimate of drug-likeness (QED) is 0.0621. The molecule has 342 valence electrons. The Morgan fingerprint density at radius 1 is 0.672 bits per heavy atom. The number of hydrogen-bond donors (Lipinski definition) is 4. The summed E-state index contributed by atoms with van der Waals surface area (Å²) >= 11 is 0. The van der Waals surface area contributed by atoms with Crippen molar-refractivity contribution in [2.45, 2.75) is 187 Å². The molecule has 0 amide bonds. The van der Waals surface area contributed by atoms with Crippen molar-refractivity contribution in [2.24, 2.45) is 29.6 Å². The molecule has 0 radical (unpaired) electrons. The van der Waals surface area contributed by atoms with E-state index in [0.29, 0.717) is 48.6 Å². The molecular formula is C50H78NO9P. The lowest BCUT2D eigenvalue weighted by Crippen LogP contribution is -2.29. The van der Waals surface area contributed by atoms with Gasteiger partial charge in [0.25, 0.3) is 0 Å². The second-order valence-corrected chi connectivity index (χ2v) is 19.1. The van der Waals surface area contributed by atoms with E-state index >= 15 is 0 Å². The summed E-state index contributed by atoms with van der Waals surface area (Å²) in [5.41, 5.74) is 10.6. The number of rotatable bonds is 14. The Balaban J connectivity index is 0.000000258. The number of carbonyl (C=O) groups is 3. The highest BCUT2D eigenvalue weighted by atomic mass is 31.0. The Bertz CT molecular complexity index is 1610. The van der Waals surface area contributed by atoms with E-state index in [1.165, 1.54) is 127 Å². The maximum Gasteiger partial charge on any atom is 0.511 e. The number of nitrogens with two attached hydrogens (primary N) is 1. The van der Waals surface area contributed by atoms with Crippen molar-refractivity contribution in [2.75, 3.05) is 12.8 Å². The fraction of sp³-hybridized carbons (Fsp3) is 0.700. The molecule has 2 aromatic rings. The number of aliphatic hydroxyl groups excluding tert-OH is 1. The molecule has 0 bridgehead atoms. The molecule has 0 heterocycles. The molecular weight excluding hydrogens is 790 g/mol. The lowest BCUT2D eigenvalue weighted by Gasteiger charge is -2.38. The number of unbranched alkanes of at least 4 members (excludes halogenated alkanes) is 1. The van der Waals surface area contributed by atoms with Crippen LogP contribution < -0.4 is 15.8 Å². The van der Waals surface area contributed by atoms with Crippen molar-refractivity contribution in [3.63, 3.8) is 0 Å². The maximum absolute atomic E-state index is 12.8. The van der Waals surface area contributed by atoms with Gasteiger partial charge in [-0.25, -0.2) is 14.4 Å². The zero-order valence-corrected chi connectivity index (χ0v) is 38.9. The normalized spacial score (nSPS) is 26.3. The Morgan fingerprint density at radius 2 is 1.21 bits per heavy atom. The molecule has 0 aromatic heterocycles. The number of carboxylic acid groups (broad SMARTS) is 2. The monoisotopic (exact) mass is 868 g/mol. The molecule has 0 saturated heterocycles. The van der Waals surface area contributed by atoms with Gasteiger partial charge in [-0.1, -0.05) is 83.8 Å². The lowest BCUT2D eigenvalue weighted by molar-refractivity contribution is -0.0101. The van der Waals surface area contributed by atoms with Gasteiger partial charge in [0.2, 0.25) is 0 Å². The SMILES string of the molecule is CCCC1CCC(c2cc(C)c(C(=O)OC3CCC(OC(=O)O)CC3)c(N)c2)CC1.CCCCC1CCC(C2CCC(CCc3ccc(OC(=O)O)c(P)c3)CC2)CC1.CO. The van der Waals surface area contributed by atoms with Gasteiger partial charge in [0.15, 0.2) is 0 Å². The number of carbonyl (C=O) groups excluding carboxylic acids is 1. The molecule has 1 unspecified atom stereocenters. The average Bonchev–Trinajstić information content (AvgIpc) is 3.25. The summed E-state index contributed by atoms with van der Waals surface area (Å²) in [6.07, 6.45) is 25.0. The topological polar surface area (TPSA) is 166 Å². The number of esters is 1. The van der Waals surface area contributed by atoms with Crippen molar-refractivity contribution in [1.29, 1.82) is 0 Å². The summed E-state index contributed by atoms with van der Waals surface area (Å²) in [5.74, 6) is 5.29. The van der Waals surface area contributed by atoms with E-state index in [2.05, 4.69) is 29.2 Å². The molecule has 4 saturated carbocycles. The van der Waals surface area contributed by atoms with Crippen LogP contribution >= 0.6 is 9.24 Å². The summed E-state index contributed by atoms with van der Waals surface area (Å²) < 4.78 is 15.3. The zero-order valence-electron chi connectivity index (χ0n) is 37.7. The van der Waals surface area contributed by atoms with Crippen LogP contribution in [0.4, 0.5) is 15.3 Å². The predicted molar refractivity (Wildman–Crippen MR) is 247 cm³/mol. The van der Waals surface area contributed by atoms with Crippen LogP contribution in [0.5, 0.6) is 5.75 Å². The van der Waals surface area contributed by atoms with Crippen LogP contribution in [0, 0.1) is 36.5 Å². The summed E-state index contributed by atoms with van der Waals surface area (Å²) in [5, 5.41) is 25.3. The van der Waals surface area contributed by atoms with Crippen LogP contribution in [0.2, 0.25) is 0 Å². The molecule has 4 aliphatic carbocycles. The van der Waals surface area contributed by atoms with E-state index in [0.717, 1.165) is 54.0 Å². The van der Waals surface area contributed by atoms with Crippen LogP contribution in [-0.2, 0) is 15.9 Å². The molecule has 61 heavy (non-hydrogen) atoms. The first-order valence-corrected chi connectivity index (χ1v) is 24.2. The first-order valence-electron chi connectivity index (χ1n) is 23.7. The third-order valence-corrected chi connectivity index (χ3v) is 14.7. The van der Waals surface area contributed by atoms with Gasteiger partial charge in [0.05, 0.1) is 5.56 Å². The summed E-state index contributed by atoms with van der Waals surface area (Å²) in [6, 6.07) is 9.90. The van der Waals surface area contributed by atoms with Crippen molar-refractivity contribution in [1.82, 2.24) is 0 Å². The Labute approximate surface area is 368 Å². The average molecular weight is 868 g/mol. The third kappa shape index (κ3) is 16.4. The highest BCUT2D eigenvalue weighted by Gasteiger charge is 2.31. The van der Waals surface area contributed by atoms with E-state index in [1.807, 2.05) is 25.1 Å². The van der Waals surface area contributed by atoms with Gasteiger partial charge in [-0.2, -0.15) is 0 Å². The van der Waals surface area contributed by atoms with Gasteiger partial charge in [-0.05, 0) is 167 Å². The largest absolute Gasteiger partial charge is 0.511 e. The highest BCUT2D eigenvalue weighted by molar-refractivity contribution is 7.27. The fourth-order valence-corrected chi connectivity index (χ4v) is 11.2. The summed E-state index contributed by atoms with van der Waals surface area (Å²) in [6.45, 7) is 6.49. The maximum atomic E-state index is 12.8. The minimum atomic E-state index is -1.26. The molecule has 5 N–H and O–H groups in total.